The number of halogens is 2. The van der Waals surface area contributed by atoms with Gasteiger partial charge in [0.05, 0.1) is 24.0 Å². The molecular formula is C27H28ClFN2O3. The normalized spacial score (nSPS) is 15.7. The van der Waals surface area contributed by atoms with E-state index in [1.807, 2.05) is 18.2 Å². The van der Waals surface area contributed by atoms with Crippen molar-refractivity contribution in [2.45, 2.75) is 38.5 Å². The van der Waals surface area contributed by atoms with Gasteiger partial charge >= 0.3 is 5.97 Å². The summed E-state index contributed by atoms with van der Waals surface area (Å²) in [7, 11) is 0. The average molecular weight is 483 g/mol. The van der Waals surface area contributed by atoms with Gasteiger partial charge in [-0.25, -0.2) is 9.18 Å². The minimum atomic E-state index is -0.502. The number of pyridine rings is 1. The lowest BCUT2D eigenvalue weighted by Crippen LogP contribution is -2.37. The van der Waals surface area contributed by atoms with Gasteiger partial charge in [-0.15, -0.1) is 0 Å². The highest BCUT2D eigenvalue weighted by atomic mass is 35.5. The molecule has 1 aliphatic heterocycles. The lowest BCUT2D eigenvalue weighted by atomic mass is 9.99. The van der Waals surface area contributed by atoms with Gasteiger partial charge in [0.1, 0.15) is 11.9 Å². The molecular weight excluding hydrogens is 455 g/mol. The molecule has 1 unspecified atom stereocenters. The minimum Gasteiger partial charge on any atom is -0.462 e. The van der Waals surface area contributed by atoms with Crippen molar-refractivity contribution in [2.24, 2.45) is 0 Å². The van der Waals surface area contributed by atoms with E-state index in [4.69, 9.17) is 21.1 Å². The monoisotopic (exact) mass is 482 g/mol. The van der Waals surface area contributed by atoms with E-state index in [0.717, 1.165) is 37.2 Å². The lowest BCUT2D eigenvalue weighted by molar-refractivity contribution is -0.0294. The van der Waals surface area contributed by atoms with Gasteiger partial charge in [-0.1, -0.05) is 41.9 Å². The van der Waals surface area contributed by atoms with Crippen LogP contribution in [0.4, 0.5) is 4.39 Å². The van der Waals surface area contributed by atoms with E-state index in [1.165, 1.54) is 6.07 Å². The number of ether oxygens (including phenoxy) is 2. The Morgan fingerprint density at radius 2 is 1.88 bits per heavy atom. The molecule has 178 valence electrons. The summed E-state index contributed by atoms with van der Waals surface area (Å²) in [6.45, 7) is 4.42. The number of rotatable bonds is 8. The molecule has 1 aliphatic rings. The van der Waals surface area contributed by atoms with Crippen LogP contribution in [0.25, 0.3) is 0 Å². The van der Waals surface area contributed by atoms with Gasteiger partial charge in [0, 0.05) is 36.4 Å². The van der Waals surface area contributed by atoms with Crippen molar-refractivity contribution in [1.82, 2.24) is 9.88 Å². The van der Waals surface area contributed by atoms with Crippen molar-refractivity contribution in [1.29, 1.82) is 0 Å². The first-order chi connectivity index (χ1) is 16.5. The van der Waals surface area contributed by atoms with Crippen molar-refractivity contribution in [3.63, 3.8) is 0 Å². The van der Waals surface area contributed by atoms with E-state index in [1.54, 1.807) is 49.5 Å². The van der Waals surface area contributed by atoms with Gasteiger partial charge in [-0.2, -0.15) is 0 Å². The summed E-state index contributed by atoms with van der Waals surface area (Å²) in [4.78, 5) is 18.7. The van der Waals surface area contributed by atoms with Crippen LogP contribution in [0.1, 0.15) is 53.0 Å². The van der Waals surface area contributed by atoms with Crippen LogP contribution in [-0.4, -0.2) is 41.7 Å². The third-order valence-electron chi connectivity index (χ3n) is 5.94. The van der Waals surface area contributed by atoms with Gasteiger partial charge in [-0.3, -0.25) is 9.88 Å². The van der Waals surface area contributed by atoms with Crippen LogP contribution in [-0.2, 0) is 16.0 Å². The number of carbonyl (C=O) groups excluding carboxylic acids is 1. The van der Waals surface area contributed by atoms with Gasteiger partial charge in [0.25, 0.3) is 0 Å². The molecule has 0 bridgehead atoms. The maximum Gasteiger partial charge on any atom is 0.338 e. The van der Waals surface area contributed by atoms with Crippen LogP contribution in [0.15, 0.2) is 66.9 Å². The Kier molecular flexibility index (Phi) is 8.27. The molecule has 1 fully saturated rings. The largest absolute Gasteiger partial charge is 0.462 e. The quantitative estimate of drug-likeness (QED) is 0.378. The average Bonchev–Trinajstić information content (AvgIpc) is 2.85. The molecule has 0 saturated carbocycles. The van der Waals surface area contributed by atoms with Gasteiger partial charge in [-0.05, 0) is 55.7 Å². The fraction of sp³-hybridized carbons (Fsp3) is 0.333. The topological polar surface area (TPSA) is 51.7 Å². The Morgan fingerprint density at radius 3 is 2.59 bits per heavy atom. The molecule has 4 rings (SSSR count). The van der Waals surface area contributed by atoms with E-state index >= 15 is 0 Å². The molecule has 34 heavy (non-hydrogen) atoms. The lowest BCUT2D eigenvalue weighted by Gasteiger charge is -2.34. The first kappa shape index (κ1) is 24.3. The summed E-state index contributed by atoms with van der Waals surface area (Å²) < 4.78 is 26.2. The molecule has 1 saturated heterocycles. The second kappa shape index (κ2) is 11.6. The first-order valence-electron chi connectivity index (χ1n) is 11.5. The molecule has 2 heterocycles. The Bertz CT molecular complexity index is 1100. The molecule has 7 heteroatoms. The number of benzene rings is 2. The van der Waals surface area contributed by atoms with Crippen molar-refractivity contribution >= 4 is 17.6 Å². The van der Waals surface area contributed by atoms with Crippen molar-refractivity contribution in [3.8, 4) is 0 Å². The molecule has 1 aromatic heterocycles. The fourth-order valence-electron chi connectivity index (χ4n) is 4.19. The predicted molar refractivity (Wildman–Crippen MR) is 129 cm³/mol. The standard InChI is InChI=1S/C27H28ClFN2O3/c1-2-33-27(32)20-11-14-30-22(17-20)18-31-15-12-23(13-16-31)34-26(19-7-9-21(28)10-8-19)24-5-3-4-6-25(24)29/h3-11,14,17,23,26H,2,12-13,15-16,18H2,1H3. The highest BCUT2D eigenvalue weighted by Crippen LogP contribution is 2.32. The Balaban J connectivity index is 1.40. The van der Waals surface area contributed by atoms with E-state index in [9.17, 15) is 9.18 Å². The molecule has 0 radical (unpaired) electrons. The molecule has 0 aliphatic carbocycles. The Hall–Kier alpha value is -2.80. The smallest absolute Gasteiger partial charge is 0.338 e. The van der Waals surface area contributed by atoms with Gasteiger partial charge in [0.15, 0.2) is 0 Å². The van der Waals surface area contributed by atoms with E-state index in [-0.39, 0.29) is 17.9 Å². The highest BCUT2D eigenvalue weighted by molar-refractivity contribution is 6.30. The number of carbonyl (C=O) groups is 1. The van der Waals surface area contributed by atoms with E-state index < -0.39 is 6.10 Å². The molecule has 3 aromatic rings. The second-order valence-corrected chi connectivity index (χ2v) is 8.76. The maximum absolute atomic E-state index is 14.6. The van der Waals surface area contributed by atoms with Crippen LogP contribution < -0.4 is 0 Å². The molecule has 0 spiro atoms. The number of hydrogen-bond acceptors (Lipinski definition) is 5. The van der Waals surface area contributed by atoms with E-state index in [0.29, 0.717) is 29.3 Å². The molecule has 0 N–H and O–H groups in total. The number of hydrogen-bond donors (Lipinski definition) is 0. The third kappa shape index (κ3) is 6.20. The van der Waals surface area contributed by atoms with Crippen LogP contribution in [0, 0.1) is 5.82 Å². The van der Waals surface area contributed by atoms with Crippen LogP contribution in [0.2, 0.25) is 5.02 Å². The van der Waals surface area contributed by atoms with Crippen LogP contribution in [0.3, 0.4) is 0 Å². The number of esters is 1. The third-order valence-corrected chi connectivity index (χ3v) is 6.19. The van der Waals surface area contributed by atoms with E-state index in [2.05, 4.69) is 9.88 Å². The SMILES string of the molecule is CCOC(=O)c1ccnc(CN2CCC(OC(c3ccc(Cl)cc3)c3ccccc3F)CC2)c1. The summed E-state index contributed by atoms with van der Waals surface area (Å²) in [5, 5.41) is 0.630. The predicted octanol–water partition coefficient (Wildman–Crippen LogP) is 5.82. The van der Waals surface area contributed by atoms with Crippen molar-refractivity contribution in [2.75, 3.05) is 19.7 Å². The molecule has 1 atom stereocenters. The zero-order valence-corrected chi connectivity index (χ0v) is 19.9. The number of piperidine rings is 1. The maximum atomic E-state index is 14.6. The second-order valence-electron chi connectivity index (χ2n) is 8.32. The molecule has 0 amide bonds. The zero-order valence-electron chi connectivity index (χ0n) is 19.1. The summed E-state index contributed by atoms with van der Waals surface area (Å²) >= 11 is 6.06. The summed E-state index contributed by atoms with van der Waals surface area (Å²) in [5.41, 5.74) is 2.74. The van der Waals surface area contributed by atoms with Crippen molar-refractivity contribution < 1.29 is 18.7 Å². The zero-order chi connectivity index (χ0) is 23.9. The number of nitrogens with zero attached hydrogens (tertiary/aromatic N) is 2. The minimum absolute atomic E-state index is 0.00430. The Labute approximate surface area is 204 Å². The van der Waals surface area contributed by atoms with Crippen LogP contribution >= 0.6 is 11.6 Å². The molecule has 5 nitrogen and oxygen atoms in total. The molecule has 2 aromatic carbocycles. The fourth-order valence-corrected chi connectivity index (χ4v) is 4.31. The Morgan fingerprint density at radius 1 is 1.15 bits per heavy atom. The number of likely N-dealkylation sites (tertiary alicyclic amines) is 1. The van der Waals surface area contributed by atoms with Crippen LogP contribution in [0.5, 0.6) is 0 Å². The highest BCUT2D eigenvalue weighted by Gasteiger charge is 2.26. The number of aromatic nitrogens is 1. The summed E-state index contributed by atoms with van der Waals surface area (Å²) in [6, 6.07) is 17.6. The van der Waals surface area contributed by atoms with Crippen molar-refractivity contribution in [3.05, 3.63) is 100 Å². The summed E-state index contributed by atoms with van der Waals surface area (Å²) in [6.07, 6.45) is 2.77. The van der Waals surface area contributed by atoms with Gasteiger partial charge < -0.3 is 9.47 Å². The first-order valence-corrected chi connectivity index (χ1v) is 11.9. The van der Waals surface area contributed by atoms with Gasteiger partial charge in [0.2, 0.25) is 0 Å². The summed E-state index contributed by atoms with van der Waals surface area (Å²) in [5.74, 6) is -0.618.